The molecule has 94 valence electrons. The summed E-state index contributed by atoms with van der Waals surface area (Å²) in [5.41, 5.74) is 1.41. The normalized spacial score (nSPS) is 10.1. The molecule has 1 rings (SSSR count). The van der Waals surface area contributed by atoms with Gasteiger partial charge in [-0.05, 0) is 13.0 Å². The topological polar surface area (TPSA) is 52.6 Å². The van der Waals surface area contributed by atoms with Crippen molar-refractivity contribution in [2.75, 3.05) is 25.0 Å². The maximum atomic E-state index is 11.5. The molecule has 4 nitrogen and oxygen atoms in total. The van der Waals surface area contributed by atoms with Crippen molar-refractivity contribution in [1.29, 1.82) is 0 Å². The number of rotatable bonds is 5. The van der Waals surface area contributed by atoms with Crippen LogP contribution in [0.15, 0.2) is 18.2 Å². The van der Waals surface area contributed by atoms with Crippen LogP contribution in [0.4, 0.5) is 5.69 Å². The number of anilines is 1. The number of aliphatic hydroxyl groups excluding tert-OH is 1. The first-order valence-corrected chi connectivity index (χ1v) is 5.84. The van der Waals surface area contributed by atoms with E-state index in [4.69, 9.17) is 11.6 Å². The fourth-order valence-electron chi connectivity index (χ4n) is 1.66. The number of amides is 1. The Morgan fingerprint density at radius 2 is 2.24 bits per heavy atom. The largest absolute Gasteiger partial charge is 0.392 e. The van der Waals surface area contributed by atoms with Gasteiger partial charge in [0.2, 0.25) is 5.91 Å². The summed E-state index contributed by atoms with van der Waals surface area (Å²) < 4.78 is 0. The van der Waals surface area contributed by atoms with Gasteiger partial charge in [0.15, 0.2) is 0 Å². The molecule has 0 fully saturated rings. The van der Waals surface area contributed by atoms with Crippen LogP contribution in [0, 0.1) is 0 Å². The van der Waals surface area contributed by atoms with Crippen LogP contribution in [-0.2, 0) is 11.4 Å². The number of halogens is 1. The van der Waals surface area contributed by atoms with Crippen LogP contribution in [-0.4, -0.2) is 31.2 Å². The van der Waals surface area contributed by atoms with Gasteiger partial charge in [0.25, 0.3) is 0 Å². The second kappa shape index (κ2) is 6.47. The van der Waals surface area contributed by atoms with E-state index < -0.39 is 0 Å². The van der Waals surface area contributed by atoms with E-state index in [1.807, 2.05) is 6.92 Å². The third-order valence-corrected chi connectivity index (χ3v) is 2.68. The SMILES string of the molecule is CCNC(=O)CN(C)c1c(Cl)cccc1CO. The summed E-state index contributed by atoms with van der Waals surface area (Å²) in [6, 6.07) is 5.30. The molecule has 0 spiro atoms. The molecule has 1 amide bonds. The summed E-state index contributed by atoms with van der Waals surface area (Å²) in [5, 5.41) is 12.5. The molecule has 0 aliphatic carbocycles. The van der Waals surface area contributed by atoms with Gasteiger partial charge in [-0.1, -0.05) is 23.7 Å². The average Bonchev–Trinajstić information content (AvgIpc) is 2.28. The predicted octanol–water partition coefficient (Wildman–Crippen LogP) is 1.40. The van der Waals surface area contributed by atoms with Gasteiger partial charge in [-0.25, -0.2) is 0 Å². The van der Waals surface area contributed by atoms with Crippen LogP contribution < -0.4 is 10.2 Å². The zero-order valence-corrected chi connectivity index (χ0v) is 10.8. The van der Waals surface area contributed by atoms with E-state index in [1.165, 1.54) is 0 Å². The van der Waals surface area contributed by atoms with E-state index in [0.717, 1.165) is 0 Å². The molecule has 5 heteroatoms. The number of carbonyl (C=O) groups is 1. The average molecular weight is 257 g/mol. The van der Waals surface area contributed by atoms with Gasteiger partial charge in [-0.3, -0.25) is 4.79 Å². The Hall–Kier alpha value is -1.26. The van der Waals surface area contributed by atoms with E-state index in [2.05, 4.69) is 5.32 Å². The Balaban J connectivity index is 2.87. The Bertz CT molecular complexity index is 396. The van der Waals surface area contributed by atoms with Crippen molar-refractivity contribution in [3.8, 4) is 0 Å². The molecule has 0 radical (unpaired) electrons. The van der Waals surface area contributed by atoms with E-state index in [0.29, 0.717) is 22.8 Å². The van der Waals surface area contributed by atoms with Crippen molar-refractivity contribution >= 4 is 23.2 Å². The fourth-order valence-corrected chi connectivity index (χ4v) is 2.00. The molecule has 0 heterocycles. The van der Waals surface area contributed by atoms with Crippen LogP contribution in [0.2, 0.25) is 5.02 Å². The molecule has 1 aromatic carbocycles. The van der Waals surface area contributed by atoms with Crippen molar-refractivity contribution in [3.05, 3.63) is 28.8 Å². The zero-order valence-electron chi connectivity index (χ0n) is 10.0. The minimum Gasteiger partial charge on any atom is -0.392 e. The molecular formula is C12H17ClN2O2. The molecule has 0 aliphatic rings. The lowest BCUT2D eigenvalue weighted by atomic mass is 10.1. The predicted molar refractivity (Wildman–Crippen MR) is 69.3 cm³/mol. The van der Waals surface area contributed by atoms with Gasteiger partial charge < -0.3 is 15.3 Å². The van der Waals surface area contributed by atoms with Crippen LogP contribution in [0.1, 0.15) is 12.5 Å². The summed E-state index contributed by atoms with van der Waals surface area (Å²) in [5.74, 6) is -0.0705. The first-order chi connectivity index (χ1) is 8.10. The quantitative estimate of drug-likeness (QED) is 0.838. The minimum atomic E-state index is -0.102. The van der Waals surface area contributed by atoms with Gasteiger partial charge in [0.05, 0.1) is 23.9 Å². The monoisotopic (exact) mass is 256 g/mol. The van der Waals surface area contributed by atoms with Crippen LogP contribution in [0.25, 0.3) is 0 Å². The Kier molecular flexibility index (Phi) is 5.25. The summed E-state index contributed by atoms with van der Waals surface area (Å²) >= 11 is 6.08. The first-order valence-electron chi connectivity index (χ1n) is 5.46. The molecule has 0 unspecified atom stereocenters. The molecule has 0 bridgehead atoms. The summed E-state index contributed by atoms with van der Waals surface area (Å²) in [6.45, 7) is 2.58. The standard InChI is InChI=1S/C12H17ClN2O2/c1-3-14-11(17)7-15(2)12-9(8-16)5-4-6-10(12)13/h4-6,16H,3,7-8H2,1-2H3,(H,14,17). The molecule has 0 aliphatic heterocycles. The smallest absolute Gasteiger partial charge is 0.239 e. The molecule has 17 heavy (non-hydrogen) atoms. The van der Waals surface area contributed by atoms with Crippen molar-refractivity contribution < 1.29 is 9.90 Å². The number of carbonyl (C=O) groups excluding carboxylic acids is 1. The number of nitrogens with one attached hydrogen (secondary N) is 1. The van der Waals surface area contributed by atoms with Crippen molar-refractivity contribution in [2.24, 2.45) is 0 Å². The fraction of sp³-hybridized carbons (Fsp3) is 0.417. The van der Waals surface area contributed by atoms with Crippen molar-refractivity contribution in [2.45, 2.75) is 13.5 Å². The van der Waals surface area contributed by atoms with E-state index in [9.17, 15) is 9.90 Å². The maximum Gasteiger partial charge on any atom is 0.239 e. The third-order valence-electron chi connectivity index (χ3n) is 2.38. The van der Waals surface area contributed by atoms with E-state index >= 15 is 0 Å². The molecular weight excluding hydrogens is 240 g/mol. The lowest BCUT2D eigenvalue weighted by molar-refractivity contribution is -0.119. The highest BCUT2D eigenvalue weighted by molar-refractivity contribution is 6.33. The lowest BCUT2D eigenvalue weighted by Crippen LogP contribution is -2.35. The van der Waals surface area contributed by atoms with Gasteiger partial charge in [-0.2, -0.15) is 0 Å². The lowest BCUT2D eigenvalue weighted by Gasteiger charge is -2.22. The van der Waals surface area contributed by atoms with Gasteiger partial charge in [-0.15, -0.1) is 0 Å². The third kappa shape index (κ3) is 3.61. The van der Waals surface area contributed by atoms with Crippen molar-refractivity contribution in [3.63, 3.8) is 0 Å². The molecule has 1 aromatic rings. The molecule has 0 aromatic heterocycles. The van der Waals surface area contributed by atoms with Gasteiger partial charge in [0.1, 0.15) is 0 Å². The van der Waals surface area contributed by atoms with Crippen LogP contribution >= 0.6 is 11.6 Å². The number of aliphatic hydroxyl groups is 1. The highest BCUT2D eigenvalue weighted by atomic mass is 35.5. The summed E-state index contributed by atoms with van der Waals surface area (Å²) in [7, 11) is 1.77. The maximum absolute atomic E-state index is 11.5. The molecule has 0 saturated carbocycles. The molecule has 2 N–H and O–H groups in total. The summed E-state index contributed by atoms with van der Waals surface area (Å²) in [6.07, 6.45) is 0. The van der Waals surface area contributed by atoms with Gasteiger partial charge >= 0.3 is 0 Å². The number of hydrogen-bond acceptors (Lipinski definition) is 3. The second-order valence-corrected chi connectivity index (χ2v) is 4.12. The highest BCUT2D eigenvalue weighted by Gasteiger charge is 2.13. The number of likely N-dealkylation sites (N-methyl/N-ethyl adjacent to an activating group) is 2. The Morgan fingerprint density at radius 1 is 1.53 bits per heavy atom. The number of hydrogen-bond donors (Lipinski definition) is 2. The summed E-state index contributed by atoms with van der Waals surface area (Å²) in [4.78, 5) is 13.2. The Labute approximate surface area is 106 Å². The highest BCUT2D eigenvalue weighted by Crippen LogP contribution is 2.28. The minimum absolute atomic E-state index is 0.0705. The molecule has 0 atom stereocenters. The molecule has 0 saturated heterocycles. The van der Waals surface area contributed by atoms with Gasteiger partial charge in [0, 0.05) is 19.2 Å². The first kappa shape index (κ1) is 13.8. The van der Waals surface area contributed by atoms with E-state index in [-0.39, 0.29) is 19.1 Å². The zero-order chi connectivity index (χ0) is 12.8. The Morgan fingerprint density at radius 3 is 2.82 bits per heavy atom. The number of nitrogens with zero attached hydrogens (tertiary/aromatic N) is 1. The number of para-hydroxylation sites is 1. The second-order valence-electron chi connectivity index (χ2n) is 3.72. The van der Waals surface area contributed by atoms with Crippen LogP contribution in [0.5, 0.6) is 0 Å². The van der Waals surface area contributed by atoms with Crippen molar-refractivity contribution in [1.82, 2.24) is 5.32 Å². The number of benzene rings is 1. The van der Waals surface area contributed by atoms with Crippen LogP contribution in [0.3, 0.4) is 0 Å². The van der Waals surface area contributed by atoms with E-state index in [1.54, 1.807) is 30.1 Å².